The van der Waals surface area contributed by atoms with Crippen LogP contribution < -0.4 is 0 Å². The second kappa shape index (κ2) is 8.42. The van der Waals surface area contributed by atoms with E-state index in [9.17, 15) is 0 Å². The molecule has 0 radical (unpaired) electrons. The molecule has 2 rings (SSSR count). The van der Waals surface area contributed by atoms with Crippen molar-refractivity contribution in [2.45, 2.75) is 124 Å². The van der Waals surface area contributed by atoms with Gasteiger partial charge in [0, 0.05) is 5.92 Å². The topological polar surface area (TPSA) is 0 Å². The van der Waals surface area contributed by atoms with Crippen LogP contribution in [0.2, 0.25) is 0 Å². The van der Waals surface area contributed by atoms with Crippen molar-refractivity contribution in [3.05, 3.63) is 69.8 Å². The summed E-state index contributed by atoms with van der Waals surface area (Å²) in [6, 6.07) is 14.5. The maximum absolute atomic E-state index is 2.51. The molecule has 2 aromatic rings. The molecule has 0 nitrogen and oxygen atoms in total. The maximum Gasteiger partial charge on any atom is 0.00926 e. The monoisotopic (exact) mass is 420 g/mol. The SMILES string of the molecule is CCC(c1ccc(C(C)(C)C)cc1)c1c(C(C)(C)C)cc(C(C)(C)C)cc1C(C)(C)C. The first-order valence-electron chi connectivity index (χ1n) is 12.2. The molecule has 0 bridgehead atoms. The van der Waals surface area contributed by atoms with Crippen molar-refractivity contribution < 1.29 is 0 Å². The van der Waals surface area contributed by atoms with E-state index in [1.54, 1.807) is 5.56 Å². The van der Waals surface area contributed by atoms with Crippen LogP contribution >= 0.6 is 0 Å². The molecule has 0 aliphatic heterocycles. The number of hydrogen-bond acceptors (Lipinski definition) is 0. The second-order valence-corrected chi connectivity index (χ2v) is 13.6. The van der Waals surface area contributed by atoms with Gasteiger partial charge in [0.1, 0.15) is 0 Å². The van der Waals surface area contributed by atoms with Crippen molar-refractivity contribution in [2.75, 3.05) is 0 Å². The average Bonchev–Trinajstić information content (AvgIpc) is 2.59. The minimum absolute atomic E-state index is 0.0926. The van der Waals surface area contributed by atoms with Crippen LogP contribution in [0.4, 0.5) is 0 Å². The summed E-state index contributed by atoms with van der Waals surface area (Å²) in [5.74, 6) is 0.409. The van der Waals surface area contributed by atoms with Gasteiger partial charge in [-0.3, -0.25) is 0 Å². The van der Waals surface area contributed by atoms with E-state index in [2.05, 4.69) is 126 Å². The molecule has 0 heterocycles. The van der Waals surface area contributed by atoms with Gasteiger partial charge in [-0.05, 0) is 61.5 Å². The third-order valence-electron chi connectivity index (χ3n) is 6.60. The Balaban J connectivity index is 2.85. The largest absolute Gasteiger partial charge is 0.0645 e. The fourth-order valence-corrected chi connectivity index (χ4v) is 4.52. The Bertz CT molecular complexity index is 847. The summed E-state index contributed by atoms with van der Waals surface area (Å²) in [5, 5.41) is 0. The van der Waals surface area contributed by atoms with E-state index < -0.39 is 0 Å². The van der Waals surface area contributed by atoms with Gasteiger partial charge in [0.2, 0.25) is 0 Å². The van der Waals surface area contributed by atoms with Gasteiger partial charge in [0.15, 0.2) is 0 Å². The molecule has 1 atom stereocenters. The molecule has 0 amide bonds. The molecule has 0 heteroatoms. The van der Waals surface area contributed by atoms with Crippen LogP contribution in [0.25, 0.3) is 0 Å². The molecule has 0 aliphatic rings. The Morgan fingerprint density at radius 2 is 0.935 bits per heavy atom. The predicted molar refractivity (Wildman–Crippen MR) is 140 cm³/mol. The first kappa shape index (κ1) is 25.7. The summed E-state index contributed by atoms with van der Waals surface area (Å²) in [6.07, 6.45) is 1.11. The van der Waals surface area contributed by atoms with E-state index >= 15 is 0 Å². The Morgan fingerprint density at radius 3 is 1.23 bits per heavy atom. The number of rotatable bonds is 3. The van der Waals surface area contributed by atoms with Gasteiger partial charge < -0.3 is 0 Å². The lowest BCUT2D eigenvalue weighted by atomic mass is 9.68. The second-order valence-electron chi connectivity index (χ2n) is 13.6. The van der Waals surface area contributed by atoms with E-state index in [0.717, 1.165) is 6.42 Å². The highest BCUT2D eigenvalue weighted by Gasteiger charge is 2.32. The molecule has 0 saturated heterocycles. The van der Waals surface area contributed by atoms with Crippen LogP contribution in [0.5, 0.6) is 0 Å². The molecular weight excluding hydrogens is 372 g/mol. The molecule has 0 N–H and O–H groups in total. The van der Waals surface area contributed by atoms with Gasteiger partial charge in [-0.15, -0.1) is 0 Å². The third-order valence-corrected chi connectivity index (χ3v) is 6.60. The standard InChI is InChI=1S/C31H48/c1-14-24(21-15-17-22(18-16-21)28(2,3)4)27-25(30(8,9)10)19-23(29(5,6)7)20-26(27)31(11,12)13/h15-20,24H,14H2,1-13H3. The fourth-order valence-electron chi connectivity index (χ4n) is 4.52. The summed E-state index contributed by atoms with van der Waals surface area (Å²) >= 11 is 0. The maximum atomic E-state index is 2.51. The van der Waals surface area contributed by atoms with Crippen LogP contribution in [-0.4, -0.2) is 0 Å². The highest BCUT2D eigenvalue weighted by molar-refractivity contribution is 5.52. The van der Waals surface area contributed by atoms with Gasteiger partial charge in [0.05, 0.1) is 0 Å². The fraction of sp³-hybridized carbons (Fsp3) is 0.613. The van der Waals surface area contributed by atoms with Crippen LogP contribution in [0.15, 0.2) is 36.4 Å². The molecule has 0 spiro atoms. The molecule has 0 fully saturated rings. The number of benzene rings is 2. The van der Waals surface area contributed by atoms with Gasteiger partial charge in [-0.2, -0.15) is 0 Å². The Labute approximate surface area is 193 Å². The Morgan fingerprint density at radius 1 is 0.548 bits per heavy atom. The van der Waals surface area contributed by atoms with Gasteiger partial charge in [-0.25, -0.2) is 0 Å². The lowest BCUT2D eigenvalue weighted by molar-refractivity contribution is 0.529. The van der Waals surface area contributed by atoms with E-state index in [4.69, 9.17) is 0 Å². The zero-order valence-electron chi connectivity index (χ0n) is 22.7. The Kier molecular flexibility index (Phi) is 6.98. The minimum Gasteiger partial charge on any atom is -0.0645 e. The van der Waals surface area contributed by atoms with Crippen LogP contribution in [-0.2, 0) is 21.7 Å². The van der Waals surface area contributed by atoms with Gasteiger partial charge >= 0.3 is 0 Å². The molecule has 31 heavy (non-hydrogen) atoms. The first-order valence-corrected chi connectivity index (χ1v) is 12.2. The van der Waals surface area contributed by atoms with Crippen molar-refractivity contribution in [3.63, 3.8) is 0 Å². The van der Waals surface area contributed by atoms with E-state index in [1.165, 1.54) is 27.8 Å². The first-order chi connectivity index (χ1) is 13.9. The average molecular weight is 421 g/mol. The van der Waals surface area contributed by atoms with E-state index in [0.29, 0.717) is 5.92 Å². The molecule has 1 unspecified atom stereocenters. The smallest absolute Gasteiger partial charge is 0.00926 e. The summed E-state index contributed by atoms with van der Waals surface area (Å²) in [6.45, 7) is 30.5. The van der Waals surface area contributed by atoms with Crippen molar-refractivity contribution in [3.8, 4) is 0 Å². The third kappa shape index (κ3) is 5.82. The minimum atomic E-state index is 0.0926. The van der Waals surface area contributed by atoms with E-state index in [-0.39, 0.29) is 21.7 Å². The zero-order chi connectivity index (χ0) is 24.0. The molecule has 0 saturated carbocycles. The molecule has 2 aromatic carbocycles. The summed E-state index contributed by atoms with van der Waals surface area (Å²) in [4.78, 5) is 0. The van der Waals surface area contributed by atoms with Crippen LogP contribution in [0.1, 0.15) is 136 Å². The Hall–Kier alpha value is -1.56. The quantitative estimate of drug-likeness (QED) is 0.464. The number of hydrogen-bond donors (Lipinski definition) is 0. The lowest BCUT2D eigenvalue weighted by Gasteiger charge is -2.36. The highest BCUT2D eigenvalue weighted by atomic mass is 14.4. The zero-order valence-corrected chi connectivity index (χ0v) is 22.7. The molecule has 0 aromatic heterocycles. The van der Waals surface area contributed by atoms with Crippen molar-refractivity contribution in [1.82, 2.24) is 0 Å². The van der Waals surface area contributed by atoms with Crippen molar-refractivity contribution in [1.29, 1.82) is 0 Å². The van der Waals surface area contributed by atoms with Crippen LogP contribution in [0, 0.1) is 0 Å². The normalized spacial score (nSPS) is 14.6. The molecule has 172 valence electrons. The predicted octanol–water partition coefficient (Wildman–Crippen LogP) is 9.42. The lowest BCUT2D eigenvalue weighted by Crippen LogP contribution is -2.26. The summed E-state index contributed by atoms with van der Waals surface area (Å²) in [7, 11) is 0. The molecular formula is C31H48. The van der Waals surface area contributed by atoms with Crippen LogP contribution in [0.3, 0.4) is 0 Å². The highest BCUT2D eigenvalue weighted by Crippen LogP contribution is 2.44. The summed E-state index contributed by atoms with van der Waals surface area (Å²) < 4.78 is 0. The van der Waals surface area contributed by atoms with Crippen molar-refractivity contribution in [2.24, 2.45) is 0 Å². The molecule has 0 aliphatic carbocycles. The van der Waals surface area contributed by atoms with Gasteiger partial charge in [-0.1, -0.05) is 126 Å². The van der Waals surface area contributed by atoms with E-state index in [1.807, 2.05) is 0 Å². The van der Waals surface area contributed by atoms with Gasteiger partial charge in [0.25, 0.3) is 0 Å². The van der Waals surface area contributed by atoms with Crippen molar-refractivity contribution >= 4 is 0 Å². The summed E-state index contributed by atoms with van der Waals surface area (Å²) in [5.41, 5.74) is 9.37.